The SMILES string of the molecule is CSc1cccc(NC(=O)C2=NN([C@H]3CCS(=O)(=O)C3)C(=O)CC2)c1. The Morgan fingerprint density at radius 3 is 2.84 bits per heavy atom. The molecule has 7 nitrogen and oxygen atoms in total. The van der Waals surface area contributed by atoms with Crippen LogP contribution in [0.25, 0.3) is 0 Å². The molecule has 0 aromatic heterocycles. The lowest BCUT2D eigenvalue weighted by molar-refractivity contribution is -0.133. The number of hydrogen-bond donors (Lipinski definition) is 1. The molecule has 0 radical (unpaired) electrons. The van der Waals surface area contributed by atoms with Crippen molar-refractivity contribution in [1.82, 2.24) is 5.01 Å². The number of sulfone groups is 1. The van der Waals surface area contributed by atoms with E-state index in [2.05, 4.69) is 10.4 Å². The summed E-state index contributed by atoms with van der Waals surface area (Å²) in [7, 11) is -3.13. The number of hydrazone groups is 1. The minimum atomic E-state index is -3.13. The fourth-order valence-electron chi connectivity index (χ4n) is 2.89. The highest BCUT2D eigenvalue weighted by Crippen LogP contribution is 2.23. The molecule has 0 bridgehead atoms. The normalized spacial score (nSPS) is 22.6. The molecule has 25 heavy (non-hydrogen) atoms. The average Bonchev–Trinajstić information content (AvgIpc) is 2.95. The molecule has 1 aromatic rings. The summed E-state index contributed by atoms with van der Waals surface area (Å²) in [5, 5.41) is 8.15. The van der Waals surface area contributed by atoms with Gasteiger partial charge in [0, 0.05) is 23.4 Å². The second kappa shape index (κ2) is 7.17. The van der Waals surface area contributed by atoms with E-state index < -0.39 is 15.9 Å². The van der Waals surface area contributed by atoms with Gasteiger partial charge in [-0.1, -0.05) is 6.07 Å². The summed E-state index contributed by atoms with van der Waals surface area (Å²) in [5.74, 6) is -0.632. The molecule has 9 heteroatoms. The van der Waals surface area contributed by atoms with Crippen LogP contribution in [0.4, 0.5) is 5.69 Å². The highest BCUT2D eigenvalue weighted by molar-refractivity contribution is 7.98. The van der Waals surface area contributed by atoms with Crippen LogP contribution in [0.5, 0.6) is 0 Å². The molecule has 2 aliphatic rings. The molecule has 1 fully saturated rings. The first-order valence-electron chi connectivity index (χ1n) is 7.93. The monoisotopic (exact) mass is 381 g/mol. The largest absolute Gasteiger partial charge is 0.321 e. The number of nitrogens with zero attached hydrogens (tertiary/aromatic N) is 2. The van der Waals surface area contributed by atoms with Crippen molar-refractivity contribution in [2.75, 3.05) is 23.1 Å². The molecule has 1 saturated heterocycles. The molecule has 2 amide bonds. The zero-order chi connectivity index (χ0) is 18.0. The first kappa shape index (κ1) is 17.9. The smallest absolute Gasteiger partial charge is 0.271 e. The van der Waals surface area contributed by atoms with Crippen LogP contribution in [0, 0.1) is 0 Å². The van der Waals surface area contributed by atoms with Crippen LogP contribution in [-0.2, 0) is 19.4 Å². The molecule has 134 valence electrons. The summed E-state index contributed by atoms with van der Waals surface area (Å²) in [5.41, 5.74) is 0.907. The molecule has 1 aromatic carbocycles. The summed E-state index contributed by atoms with van der Waals surface area (Å²) in [6, 6.07) is 6.97. The molecule has 3 rings (SSSR count). The third-order valence-corrected chi connectivity index (χ3v) is 6.68. The van der Waals surface area contributed by atoms with Crippen molar-refractivity contribution in [3.8, 4) is 0 Å². The van der Waals surface area contributed by atoms with Gasteiger partial charge in [0.2, 0.25) is 5.91 Å². The fourth-order valence-corrected chi connectivity index (χ4v) is 5.04. The number of nitrogens with one attached hydrogen (secondary N) is 1. The number of thioether (sulfide) groups is 1. The van der Waals surface area contributed by atoms with E-state index in [4.69, 9.17) is 0 Å². The van der Waals surface area contributed by atoms with E-state index in [-0.39, 0.29) is 41.9 Å². The molecule has 0 aliphatic carbocycles. The Hall–Kier alpha value is -1.87. The predicted octanol–water partition coefficient (Wildman–Crippen LogP) is 1.51. The Bertz CT molecular complexity index is 836. The molecular weight excluding hydrogens is 362 g/mol. The highest BCUT2D eigenvalue weighted by atomic mass is 32.2. The first-order chi connectivity index (χ1) is 11.9. The maximum atomic E-state index is 12.5. The number of benzene rings is 1. The van der Waals surface area contributed by atoms with E-state index in [1.807, 2.05) is 24.5 Å². The lowest BCUT2D eigenvalue weighted by Crippen LogP contribution is -2.42. The van der Waals surface area contributed by atoms with Gasteiger partial charge in [-0.15, -0.1) is 11.8 Å². The van der Waals surface area contributed by atoms with Crippen molar-refractivity contribution in [3.63, 3.8) is 0 Å². The second-order valence-electron chi connectivity index (χ2n) is 6.03. The minimum Gasteiger partial charge on any atom is -0.321 e. The summed E-state index contributed by atoms with van der Waals surface area (Å²) >= 11 is 1.57. The summed E-state index contributed by atoms with van der Waals surface area (Å²) in [6.07, 6.45) is 2.73. The van der Waals surface area contributed by atoms with E-state index in [0.29, 0.717) is 12.1 Å². The zero-order valence-electron chi connectivity index (χ0n) is 13.8. The van der Waals surface area contributed by atoms with Crippen LogP contribution < -0.4 is 5.32 Å². The van der Waals surface area contributed by atoms with Gasteiger partial charge in [0.15, 0.2) is 9.84 Å². The van der Waals surface area contributed by atoms with Gasteiger partial charge in [-0.25, -0.2) is 13.4 Å². The first-order valence-corrected chi connectivity index (χ1v) is 11.0. The molecule has 1 N–H and O–H groups in total. The van der Waals surface area contributed by atoms with Gasteiger partial charge in [-0.05, 0) is 30.9 Å². The van der Waals surface area contributed by atoms with Crippen molar-refractivity contribution in [2.24, 2.45) is 5.10 Å². The van der Waals surface area contributed by atoms with Crippen LogP contribution in [-0.4, -0.2) is 54.8 Å². The molecule has 0 spiro atoms. The van der Waals surface area contributed by atoms with E-state index in [0.717, 1.165) is 4.90 Å². The van der Waals surface area contributed by atoms with Crippen LogP contribution in [0.2, 0.25) is 0 Å². The van der Waals surface area contributed by atoms with Crippen LogP contribution in [0.3, 0.4) is 0 Å². The Morgan fingerprint density at radius 2 is 2.16 bits per heavy atom. The average molecular weight is 381 g/mol. The van der Waals surface area contributed by atoms with Gasteiger partial charge in [-0.2, -0.15) is 5.10 Å². The Labute approximate surface area is 150 Å². The van der Waals surface area contributed by atoms with Crippen molar-refractivity contribution in [2.45, 2.75) is 30.2 Å². The van der Waals surface area contributed by atoms with E-state index >= 15 is 0 Å². The Morgan fingerprint density at radius 1 is 1.36 bits per heavy atom. The standard InChI is InChI=1S/C16H19N3O4S2/c1-24-13-4-2-3-11(9-13)17-16(21)14-5-6-15(20)19(18-14)12-7-8-25(22,23)10-12/h2-4,9,12H,5-8,10H2,1H3,(H,17,21)/t12-/m0/s1. The lowest BCUT2D eigenvalue weighted by atomic mass is 10.1. The third kappa shape index (κ3) is 4.21. The maximum Gasteiger partial charge on any atom is 0.271 e. The van der Waals surface area contributed by atoms with Gasteiger partial charge in [-0.3, -0.25) is 9.59 Å². The molecule has 0 unspecified atom stereocenters. The molecule has 1 atom stereocenters. The van der Waals surface area contributed by atoms with E-state index in [9.17, 15) is 18.0 Å². The zero-order valence-corrected chi connectivity index (χ0v) is 15.4. The lowest BCUT2D eigenvalue weighted by Gasteiger charge is -2.27. The number of carbonyl (C=O) groups excluding carboxylic acids is 2. The third-order valence-electron chi connectivity index (χ3n) is 4.20. The molecule has 2 aliphatic heterocycles. The van der Waals surface area contributed by atoms with Crippen LogP contribution in [0.15, 0.2) is 34.3 Å². The number of hydrogen-bond acceptors (Lipinski definition) is 6. The van der Waals surface area contributed by atoms with Crippen LogP contribution >= 0.6 is 11.8 Å². The predicted molar refractivity (Wildman–Crippen MR) is 97.4 cm³/mol. The fraction of sp³-hybridized carbons (Fsp3) is 0.438. The van der Waals surface area contributed by atoms with Gasteiger partial charge < -0.3 is 5.32 Å². The Kier molecular flexibility index (Phi) is 5.14. The summed E-state index contributed by atoms with van der Waals surface area (Å²) in [4.78, 5) is 25.6. The topological polar surface area (TPSA) is 95.9 Å². The minimum absolute atomic E-state index is 0.0555. The van der Waals surface area contributed by atoms with Crippen molar-refractivity contribution in [3.05, 3.63) is 24.3 Å². The van der Waals surface area contributed by atoms with Crippen LogP contribution in [0.1, 0.15) is 19.3 Å². The number of anilines is 1. The molecule has 0 saturated carbocycles. The quantitative estimate of drug-likeness (QED) is 0.798. The maximum absolute atomic E-state index is 12.5. The van der Waals surface area contributed by atoms with Crippen molar-refractivity contribution in [1.29, 1.82) is 0 Å². The van der Waals surface area contributed by atoms with Crippen molar-refractivity contribution >= 4 is 44.8 Å². The second-order valence-corrected chi connectivity index (χ2v) is 9.14. The number of rotatable bonds is 4. The van der Waals surface area contributed by atoms with Gasteiger partial charge in [0.25, 0.3) is 5.91 Å². The number of amides is 2. The van der Waals surface area contributed by atoms with Gasteiger partial charge in [0.05, 0.1) is 17.5 Å². The summed E-state index contributed by atoms with van der Waals surface area (Å²) in [6.45, 7) is 0. The van der Waals surface area contributed by atoms with Crippen molar-refractivity contribution < 1.29 is 18.0 Å². The highest BCUT2D eigenvalue weighted by Gasteiger charge is 2.37. The van der Waals surface area contributed by atoms with E-state index in [1.54, 1.807) is 17.8 Å². The number of carbonyl (C=O) groups is 2. The summed E-state index contributed by atoms with van der Waals surface area (Å²) < 4.78 is 23.3. The Balaban J connectivity index is 1.75. The van der Waals surface area contributed by atoms with Gasteiger partial charge in [0.1, 0.15) is 5.71 Å². The van der Waals surface area contributed by atoms with E-state index in [1.165, 1.54) is 5.01 Å². The molecule has 2 heterocycles. The molecular formula is C16H19N3O4S2. The van der Waals surface area contributed by atoms with Gasteiger partial charge >= 0.3 is 0 Å².